The quantitative estimate of drug-likeness (QED) is 0.871. The Morgan fingerprint density at radius 2 is 2.04 bits per heavy atom. The number of hydrogen-bond acceptors (Lipinski definition) is 3. The van der Waals surface area contributed by atoms with Crippen LogP contribution in [-0.2, 0) is 4.79 Å². The van der Waals surface area contributed by atoms with Crippen LogP contribution in [0.15, 0.2) is 42.4 Å². The Bertz CT molecular complexity index is 799. The normalized spacial score (nSPS) is 21.2. The summed E-state index contributed by atoms with van der Waals surface area (Å²) in [7, 11) is 0. The average Bonchev–Trinajstić information content (AvgIpc) is 2.83. The standard InChI is InChI=1S/C19H24N4O/c1-12(2)11-14-16(19(14,4)5)18(24)22-15-7-6-8-21-17(15)23-10-9-20-13(23)3/h6-11,14,16H,1-5H3,(H,22,24)/t14-,16-/m1/s1. The highest BCUT2D eigenvalue weighted by atomic mass is 16.2. The molecule has 24 heavy (non-hydrogen) atoms. The predicted octanol–water partition coefficient (Wildman–Crippen LogP) is 3.75. The predicted molar refractivity (Wildman–Crippen MR) is 94.9 cm³/mol. The van der Waals surface area contributed by atoms with E-state index in [2.05, 4.69) is 49.1 Å². The molecule has 0 saturated heterocycles. The Balaban J connectivity index is 1.84. The lowest BCUT2D eigenvalue weighted by molar-refractivity contribution is -0.118. The third-order valence-corrected chi connectivity index (χ3v) is 4.80. The minimum absolute atomic E-state index is 0.00531. The highest BCUT2D eigenvalue weighted by molar-refractivity contribution is 5.97. The highest BCUT2D eigenvalue weighted by Gasteiger charge is 2.60. The lowest BCUT2D eigenvalue weighted by Gasteiger charge is -2.12. The van der Waals surface area contributed by atoms with E-state index in [0.29, 0.717) is 11.5 Å². The third-order valence-electron chi connectivity index (χ3n) is 4.80. The van der Waals surface area contributed by atoms with E-state index >= 15 is 0 Å². The van der Waals surface area contributed by atoms with E-state index in [4.69, 9.17) is 0 Å². The molecule has 2 aromatic rings. The van der Waals surface area contributed by atoms with Gasteiger partial charge in [-0.05, 0) is 44.2 Å². The van der Waals surface area contributed by atoms with Crippen LogP contribution in [0.3, 0.4) is 0 Å². The second kappa shape index (κ2) is 5.89. The fraction of sp³-hybridized carbons (Fsp3) is 0.421. The van der Waals surface area contributed by atoms with Crippen LogP contribution in [0, 0.1) is 24.2 Å². The number of aromatic nitrogens is 3. The molecule has 0 spiro atoms. The molecule has 1 aliphatic carbocycles. The molecule has 5 heteroatoms. The molecule has 0 aliphatic heterocycles. The van der Waals surface area contributed by atoms with Crippen molar-refractivity contribution in [1.82, 2.24) is 14.5 Å². The van der Waals surface area contributed by atoms with Crippen LogP contribution in [0.25, 0.3) is 5.82 Å². The van der Waals surface area contributed by atoms with Gasteiger partial charge in [-0.2, -0.15) is 0 Å². The van der Waals surface area contributed by atoms with E-state index in [1.54, 1.807) is 12.4 Å². The van der Waals surface area contributed by atoms with Crippen LogP contribution in [0.5, 0.6) is 0 Å². The summed E-state index contributed by atoms with van der Waals surface area (Å²) in [4.78, 5) is 21.4. The summed E-state index contributed by atoms with van der Waals surface area (Å²) in [6, 6.07) is 3.71. The number of imidazole rings is 1. The molecule has 0 unspecified atom stereocenters. The van der Waals surface area contributed by atoms with Crippen molar-refractivity contribution >= 4 is 11.6 Å². The second-order valence-electron chi connectivity index (χ2n) is 7.28. The fourth-order valence-corrected chi connectivity index (χ4v) is 3.35. The van der Waals surface area contributed by atoms with Crippen molar-refractivity contribution in [3.05, 3.63) is 48.2 Å². The first-order valence-corrected chi connectivity index (χ1v) is 8.23. The first-order valence-electron chi connectivity index (χ1n) is 8.23. The topological polar surface area (TPSA) is 59.8 Å². The van der Waals surface area contributed by atoms with Gasteiger partial charge in [0.2, 0.25) is 5.91 Å². The number of pyridine rings is 1. The van der Waals surface area contributed by atoms with E-state index in [0.717, 1.165) is 5.82 Å². The van der Waals surface area contributed by atoms with Gasteiger partial charge in [0.25, 0.3) is 0 Å². The van der Waals surface area contributed by atoms with Gasteiger partial charge >= 0.3 is 0 Å². The number of anilines is 1. The SMILES string of the molecule is CC(C)=C[C@@H]1[C@H](C(=O)Nc2cccnc2-n2ccnc2C)C1(C)C. The summed E-state index contributed by atoms with van der Waals surface area (Å²) in [5.74, 6) is 1.85. The van der Waals surface area contributed by atoms with Gasteiger partial charge in [0.15, 0.2) is 5.82 Å². The zero-order chi connectivity index (χ0) is 17.5. The van der Waals surface area contributed by atoms with Crippen molar-refractivity contribution in [3.8, 4) is 5.82 Å². The van der Waals surface area contributed by atoms with E-state index < -0.39 is 0 Å². The number of carbonyl (C=O) groups excluding carboxylic acids is 1. The molecule has 0 radical (unpaired) electrons. The van der Waals surface area contributed by atoms with E-state index in [1.807, 2.05) is 29.8 Å². The number of rotatable bonds is 4. The van der Waals surface area contributed by atoms with Crippen molar-refractivity contribution in [3.63, 3.8) is 0 Å². The Kier molecular flexibility index (Phi) is 4.03. The van der Waals surface area contributed by atoms with E-state index in [9.17, 15) is 4.79 Å². The molecular weight excluding hydrogens is 300 g/mol. The summed E-state index contributed by atoms with van der Waals surface area (Å²) >= 11 is 0. The molecule has 126 valence electrons. The van der Waals surface area contributed by atoms with Crippen LogP contribution in [-0.4, -0.2) is 20.4 Å². The summed E-state index contributed by atoms with van der Waals surface area (Å²) < 4.78 is 1.88. The zero-order valence-corrected chi connectivity index (χ0v) is 14.9. The molecule has 2 aromatic heterocycles. The van der Waals surface area contributed by atoms with Crippen LogP contribution < -0.4 is 5.32 Å². The second-order valence-corrected chi connectivity index (χ2v) is 7.28. The first kappa shape index (κ1) is 16.4. The van der Waals surface area contributed by atoms with Crippen molar-refractivity contribution in [2.75, 3.05) is 5.32 Å². The molecule has 1 fully saturated rings. The molecule has 2 heterocycles. The van der Waals surface area contributed by atoms with Gasteiger partial charge in [-0.3, -0.25) is 9.36 Å². The summed E-state index contributed by atoms with van der Waals surface area (Å²) in [5.41, 5.74) is 1.95. The molecule has 1 amide bonds. The maximum atomic E-state index is 12.8. The zero-order valence-electron chi connectivity index (χ0n) is 14.9. The number of hydrogen-bond donors (Lipinski definition) is 1. The Labute approximate surface area is 142 Å². The largest absolute Gasteiger partial charge is 0.323 e. The fourth-order valence-electron chi connectivity index (χ4n) is 3.35. The maximum absolute atomic E-state index is 12.8. The minimum Gasteiger partial charge on any atom is -0.323 e. The van der Waals surface area contributed by atoms with Crippen molar-refractivity contribution in [2.45, 2.75) is 34.6 Å². The number of allylic oxidation sites excluding steroid dienone is 2. The number of amides is 1. The maximum Gasteiger partial charge on any atom is 0.228 e. The van der Waals surface area contributed by atoms with Crippen molar-refractivity contribution in [1.29, 1.82) is 0 Å². The van der Waals surface area contributed by atoms with Gasteiger partial charge in [-0.15, -0.1) is 0 Å². The Morgan fingerprint density at radius 1 is 1.29 bits per heavy atom. The Morgan fingerprint density at radius 3 is 2.67 bits per heavy atom. The van der Waals surface area contributed by atoms with E-state index in [1.165, 1.54) is 5.57 Å². The average molecular weight is 324 g/mol. The van der Waals surface area contributed by atoms with Crippen molar-refractivity contribution < 1.29 is 4.79 Å². The van der Waals surface area contributed by atoms with Crippen LogP contribution >= 0.6 is 0 Å². The summed E-state index contributed by atoms with van der Waals surface area (Å²) in [5, 5.41) is 3.07. The van der Waals surface area contributed by atoms with Gasteiger partial charge in [0.05, 0.1) is 11.6 Å². The number of carbonyl (C=O) groups is 1. The smallest absolute Gasteiger partial charge is 0.228 e. The molecule has 2 atom stereocenters. The number of nitrogens with one attached hydrogen (secondary N) is 1. The lowest BCUT2D eigenvalue weighted by atomic mass is 10.1. The molecular formula is C19H24N4O. The van der Waals surface area contributed by atoms with E-state index in [-0.39, 0.29) is 23.2 Å². The molecule has 1 saturated carbocycles. The van der Waals surface area contributed by atoms with Gasteiger partial charge < -0.3 is 5.32 Å². The van der Waals surface area contributed by atoms with Crippen LogP contribution in [0.2, 0.25) is 0 Å². The Hall–Kier alpha value is -2.43. The lowest BCUT2D eigenvalue weighted by Crippen LogP contribution is -2.18. The molecule has 0 aromatic carbocycles. The van der Waals surface area contributed by atoms with Gasteiger partial charge in [0, 0.05) is 18.6 Å². The monoisotopic (exact) mass is 324 g/mol. The highest BCUT2D eigenvalue weighted by Crippen LogP contribution is 2.59. The summed E-state index contributed by atoms with van der Waals surface area (Å²) in [6.07, 6.45) is 7.50. The molecule has 3 rings (SSSR count). The van der Waals surface area contributed by atoms with Crippen LogP contribution in [0.1, 0.15) is 33.5 Å². The molecule has 0 bridgehead atoms. The van der Waals surface area contributed by atoms with Crippen molar-refractivity contribution in [2.24, 2.45) is 17.3 Å². The summed E-state index contributed by atoms with van der Waals surface area (Å²) in [6.45, 7) is 10.3. The minimum atomic E-state index is -0.00987. The van der Waals surface area contributed by atoms with Gasteiger partial charge in [0.1, 0.15) is 5.82 Å². The number of nitrogens with zero attached hydrogens (tertiary/aromatic N) is 3. The third kappa shape index (κ3) is 2.86. The molecule has 1 N–H and O–H groups in total. The molecule has 5 nitrogen and oxygen atoms in total. The molecule has 1 aliphatic rings. The number of aryl methyl sites for hydroxylation is 1. The van der Waals surface area contributed by atoms with Crippen LogP contribution in [0.4, 0.5) is 5.69 Å². The van der Waals surface area contributed by atoms with Gasteiger partial charge in [-0.1, -0.05) is 25.5 Å². The first-order chi connectivity index (χ1) is 11.3. The van der Waals surface area contributed by atoms with Gasteiger partial charge in [-0.25, -0.2) is 9.97 Å².